The molecule has 1 aliphatic rings. The molecular formula is C6H11IN2. The van der Waals surface area contributed by atoms with Crippen LogP contribution in [0.1, 0.15) is 6.92 Å². The summed E-state index contributed by atoms with van der Waals surface area (Å²) in [4.78, 5) is 6.40. The van der Waals surface area contributed by atoms with Crippen LogP contribution in [0.3, 0.4) is 0 Å². The maximum atomic E-state index is 4.28. The molecule has 2 nitrogen and oxygen atoms in total. The van der Waals surface area contributed by atoms with E-state index in [1.807, 2.05) is 6.34 Å². The Kier molecular flexibility index (Phi) is 2.32. The van der Waals surface area contributed by atoms with Crippen LogP contribution in [0.4, 0.5) is 0 Å². The van der Waals surface area contributed by atoms with E-state index in [9.17, 15) is 0 Å². The van der Waals surface area contributed by atoms with E-state index in [1.54, 1.807) is 0 Å². The van der Waals surface area contributed by atoms with Crippen LogP contribution in [0.15, 0.2) is 4.99 Å². The number of hydrogen-bond acceptors (Lipinski definition) is 2. The van der Waals surface area contributed by atoms with Gasteiger partial charge in [-0.05, 0) is 0 Å². The molecule has 0 saturated carbocycles. The van der Waals surface area contributed by atoms with Gasteiger partial charge in [0, 0.05) is 19.5 Å². The van der Waals surface area contributed by atoms with Gasteiger partial charge in [-0.3, -0.25) is 4.99 Å². The van der Waals surface area contributed by atoms with Crippen molar-refractivity contribution < 1.29 is 0 Å². The second-order valence-corrected chi connectivity index (χ2v) is 3.83. The van der Waals surface area contributed by atoms with E-state index in [-0.39, 0.29) is 0 Å². The molecule has 0 radical (unpaired) electrons. The summed E-state index contributed by atoms with van der Waals surface area (Å²) in [6, 6.07) is 0. The Morgan fingerprint density at radius 2 is 2.44 bits per heavy atom. The molecule has 0 spiro atoms. The average Bonchev–Trinajstić information content (AvgIpc) is 1.80. The van der Waals surface area contributed by atoms with Gasteiger partial charge in [-0.25, -0.2) is 0 Å². The van der Waals surface area contributed by atoms with Gasteiger partial charge in [-0.2, -0.15) is 0 Å². The molecule has 0 saturated heterocycles. The number of aliphatic imine (C=N–C) groups is 1. The zero-order valence-corrected chi connectivity index (χ0v) is 7.87. The Morgan fingerprint density at radius 1 is 1.78 bits per heavy atom. The lowest BCUT2D eigenvalue weighted by molar-refractivity contribution is 0.387. The molecule has 0 bridgehead atoms. The molecular weight excluding hydrogens is 227 g/mol. The maximum Gasteiger partial charge on any atom is 0.107 e. The van der Waals surface area contributed by atoms with Crippen LogP contribution in [0, 0.1) is 5.92 Å². The zero-order chi connectivity index (χ0) is 6.85. The molecule has 0 amide bonds. The van der Waals surface area contributed by atoms with Gasteiger partial charge < -0.3 is 4.90 Å². The number of nitrogens with zero attached hydrogens (tertiary/aromatic N) is 2. The van der Waals surface area contributed by atoms with Crippen LogP contribution in [0.25, 0.3) is 0 Å². The lowest BCUT2D eigenvalue weighted by Crippen LogP contribution is -2.32. The molecule has 1 aliphatic heterocycles. The Morgan fingerprint density at radius 3 is 2.89 bits per heavy atom. The third-order valence-electron chi connectivity index (χ3n) is 1.45. The zero-order valence-electron chi connectivity index (χ0n) is 5.71. The Bertz CT molecular complexity index is 124. The van der Waals surface area contributed by atoms with Crippen molar-refractivity contribution in [3.8, 4) is 0 Å². The molecule has 9 heavy (non-hydrogen) atoms. The first-order valence-corrected chi connectivity index (χ1v) is 4.32. The molecule has 0 aliphatic carbocycles. The van der Waals surface area contributed by atoms with E-state index in [4.69, 9.17) is 0 Å². The summed E-state index contributed by atoms with van der Waals surface area (Å²) in [5, 5.41) is 0. The molecule has 0 N–H and O–H groups in total. The summed E-state index contributed by atoms with van der Waals surface area (Å²) in [7, 11) is 2.06. The van der Waals surface area contributed by atoms with Crippen molar-refractivity contribution >= 4 is 28.9 Å². The molecule has 0 fully saturated rings. The molecule has 1 rings (SSSR count). The minimum Gasteiger partial charge on any atom is -0.366 e. The molecule has 0 aromatic carbocycles. The standard InChI is InChI=1S/C6H11IN2/c1-5-3-9(2)4-8-6(5)7/h4-6H,3H2,1-2H3. The first-order chi connectivity index (χ1) is 4.20. The van der Waals surface area contributed by atoms with E-state index in [2.05, 4.69) is 46.5 Å². The highest BCUT2D eigenvalue weighted by molar-refractivity contribution is 14.1. The van der Waals surface area contributed by atoms with Crippen molar-refractivity contribution in [2.24, 2.45) is 10.9 Å². The largest absolute Gasteiger partial charge is 0.366 e. The van der Waals surface area contributed by atoms with Crippen LogP contribution in [-0.2, 0) is 0 Å². The molecule has 0 aromatic heterocycles. The quantitative estimate of drug-likeness (QED) is 0.353. The van der Waals surface area contributed by atoms with Gasteiger partial charge in [0.05, 0.1) is 6.34 Å². The van der Waals surface area contributed by atoms with Crippen LogP contribution in [-0.4, -0.2) is 28.9 Å². The Balaban J connectivity index is 2.54. The maximum absolute atomic E-state index is 4.28. The predicted molar refractivity (Wildman–Crippen MR) is 48.1 cm³/mol. The Hall–Kier alpha value is 0.200. The topological polar surface area (TPSA) is 15.6 Å². The lowest BCUT2D eigenvalue weighted by Gasteiger charge is -2.25. The highest BCUT2D eigenvalue weighted by atomic mass is 127. The highest BCUT2D eigenvalue weighted by Crippen LogP contribution is 2.17. The number of rotatable bonds is 0. The fourth-order valence-electron chi connectivity index (χ4n) is 0.913. The van der Waals surface area contributed by atoms with Crippen molar-refractivity contribution in [2.45, 2.75) is 11.0 Å². The van der Waals surface area contributed by atoms with E-state index in [1.165, 1.54) is 0 Å². The SMILES string of the molecule is CC1CN(C)C=NC1I. The van der Waals surface area contributed by atoms with Crippen LogP contribution in [0.2, 0.25) is 0 Å². The summed E-state index contributed by atoms with van der Waals surface area (Å²) in [6.45, 7) is 3.36. The normalized spacial score (nSPS) is 35.2. The number of hydrogen-bond donors (Lipinski definition) is 0. The molecule has 2 unspecified atom stereocenters. The molecule has 2 atom stereocenters. The summed E-state index contributed by atoms with van der Waals surface area (Å²) < 4.78 is 0.485. The van der Waals surface area contributed by atoms with Gasteiger partial charge in [-0.1, -0.05) is 29.5 Å². The average molecular weight is 238 g/mol. The van der Waals surface area contributed by atoms with Gasteiger partial charge in [0.2, 0.25) is 0 Å². The third kappa shape index (κ3) is 1.81. The summed E-state index contributed by atoms with van der Waals surface area (Å²) in [6.07, 6.45) is 1.91. The third-order valence-corrected chi connectivity index (χ3v) is 3.00. The van der Waals surface area contributed by atoms with Gasteiger partial charge in [0.1, 0.15) is 4.05 Å². The van der Waals surface area contributed by atoms with Gasteiger partial charge >= 0.3 is 0 Å². The van der Waals surface area contributed by atoms with Crippen molar-refractivity contribution in [2.75, 3.05) is 13.6 Å². The summed E-state index contributed by atoms with van der Waals surface area (Å²) in [5.41, 5.74) is 0. The molecule has 0 aromatic rings. The fraction of sp³-hybridized carbons (Fsp3) is 0.833. The van der Waals surface area contributed by atoms with Crippen LogP contribution >= 0.6 is 22.6 Å². The molecule has 52 valence electrons. The molecule has 3 heteroatoms. The number of alkyl halides is 1. The van der Waals surface area contributed by atoms with E-state index >= 15 is 0 Å². The fourth-order valence-corrected chi connectivity index (χ4v) is 1.28. The minimum absolute atomic E-state index is 0.485. The second kappa shape index (κ2) is 2.86. The molecule has 1 heterocycles. The number of halogens is 1. The first-order valence-electron chi connectivity index (χ1n) is 3.08. The van der Waals surface area contributed by atoms with Gasteiger partial charge in [0.15, 0.2) is 0 Å². The van der Waals surface area contributed by atoms with Crippen LogP contribution < -0.4 is 0 Å². The van der Waals surface area contributed by atoms with Crippen molar-refractivity contribution in [3.63, 3.8) is 0 Å². The predicted octanol–water partition coefficient (Wildman–Crippen LogP) is 1.36. The first kappa shape index (κ1) is 7.31. The lowest BCUT2D eigenvalue weighted by atomic mass is 10.1. The van der Waals surface area contributed by atoms with E-state index in [0.717, 1.165) is 6.54 Å². The summed E-state index contributed by atoms with van der Waals surface area (Å²) in [5.74, 6) is 0.695. The van der Waals surface area contributed by atoms with Gasteiger partial charge in [0.25, 0.3) is 0 Å². The van der Waals surface area contributed by atoms with Gasteiger partial charge in [-0.15, -0.1) is 0 Å². The minimum atomic E-state index is 0.485. The summed E-state index contributed by atoms with van der Waals surface area (Å²) >= 11 is 2.37. The van der Waals surface area contributed by atoms with Crippen molar-refractivity contribution in [1.82, 2.24) is 4.90 Å². The monoisotopic (exact) mass is 238 g/mol. The van der Waals surface area contributed by atoms with E-state index in [0.29, 0.717) is 9.97 Å². The smallest absolute Gasteiger partial charge is 0.107 e. The second-order valence-electron chi connectivity index (χ2n) is 2.55. The van der Waals surface area contributed by atoms with Crippen LogP contribution in [0.5, 0.6) is 0 Å². The Labute approximate surface area is 69.5 Å². The van der Waals surface area contributed by atoms with Crippen molar-refractivity contribution in [1.29, 1.82) is 0 Å². The van der Waals surface area contributed by atoms with E-state index < -0.39 is 0 Å². The highest BCUT2D eigenvalue weighted by Gasteiger charge is 2.16. The van der Waals surface area contributed by atoms with Crippen molar-refractivity contribution in [3.05, 3.63) is 0 Å².